The van der Waals surface area contributed by atoms with E-state index in [-0.39, 0.29) is 11.8 Å². The fourth-order valence-corrected chi connectivity index (χ4v) is 4.09. The summed E-state index contributed by atoms with van der Waals surface area (Å²) < 4.78 is 52.1. The number of hydrogen-bond donors (Lipinski definition) is 2. The highest BCUT2D eigenvalue weighted by Gasteiger charge is 2.19. The average Bonchev–Trinajstić information content (AvgIpc) is 2.69. The van der Waals surface area contributed by atoms with Crippen LogP contribution < -0.4 is 19.7 Å². The Morgan fingerprint density at radius 3 is 2.39 bits per heavy atom. The zero-order valence-electron chi connectivity index (χ0n) is 17.4. The van der Waals surface area contributed by atoms with E-state index < -0.39 is 27.5 Å². The fraction of sp³-hybridized carbons (Fsp3) is 0.381. The number of benzene rings is 2. The maximum absolute atomic E-state index is 14.4. The lowest BCUT2D eigenvalue weighted by atomic mass is 10.2. The third-order valence-electron chi connectivity index (χ3n) is 4.40. The van der Waals surface area contributed by atoms with Gasteiger partial charge in [0.05, 0.1) is 25.0 Å². The Morgan fingerprint density at radius 2 is 1.77 bits per heavy atom. The number of sulfonamides is 1. The van der Waals surface area contributed by atoms with Gasteiger partial charge in [-0.3, -0.25) is 9.52 Å². The molecule has 0 atom stereocenters. The quantitative estimate of drug-likeness (QED) is 0.641. The van der Waals surface area contributed by atoms with Crippen LogP contribution in [0.1, 0.15) is 13.8 Å². The predicted molar refractivity (Wildman–Crippen MR) is 118 cm³/mol. The van der Waals surface area contributed by atoms with Gasteiger partial charge in [-0.15, -0.1) is 0 Å². The largest absolute Gasteiger partial charge is 0.491 e. The molecule has 1 amide bonds. The standard InChI is InChI=1S/C21H26FN3O5S/c1-15(2)30-18-6-3-16(4-7-18)24-31(27,28)14-21(26)23-17-5-8-20(19(22)13-17)25-9-11-29-12-10-25/h3-8,13,15,24H,9-12,14H2,1-2H3,(H,23,26). The summed E-state index contributed by atoms with van der Waals surface area (Å²) in [6.45, 7) is 5.98. The van der Waals surface area contributed by atoms with E-state index >= 15 is 0 Å². The number of hydrogen-bond acceptors (Lipinski definition) is 6. The van der Waals surface area contributed by atoms with Crippen LogP contribution in [0.2, 0.25) is 0 Å². The van der Waals surface area contributed by atoms with Crippen molar-refractivity contribution in [3.63, 3.8) is 0 Å². The molecule has 1 saturated heterocycles. The fourth-order valence-electron chi connectivity index (χ4n) is 3.10. The van der Waals surface area contributed by atoms with E-state index in [2.05, 4.69) is 10.0 Å². The molecule has 0 radical (unpaired) electrons. The topological polar surface area (TPSA) is 97.0 Å². The van der Waals surface area contributed by atoms with Gasteiger partial charge in [-0.05, 0) is 56.3 Å². The van der Waals surface area contributed by atoms with Crippen LogP contribution in [0.4, 0.5) is 21.5 Å². The zero-order chi connectivity index (χ0) is 22.4. The van der Waals surface area contributed by atoms with Crippen molar-refractivity contribution in [3.8, 4) is 5.75 Å². The van der Waals surface area contributed by atoms with Crippen molar-refractivity contribution >= 4 is 33.0 Å². The number of morpholine rings is 1. The molecule has 0 bridgehead atoms. The lowest BCUT2D eigenvalue weighted by molar-refractivity contribution is -0.113. The molecule has 0 spiro atoms. The molecule has 0 aromatic heterocycles. The van der Waals surface area contributed by atoms with E-state index in [4.69, 9.17) is 9.47 Å². The minimum Gasteiger partial charge on any atom is -0.491 e. The number of carbonyl (C=O) groups excluding carboxylic acids is 1. The molecule has 8 nitrogen and oxygen atoms in total. The van der Waals surface area contributed by atoms with E-state index in [0.717, 1.165) is 0 Å². The van der Waals surface area contributed by atoms with Crippen molar-refractivity contribution < 1.29 is 27.1 Å². The number of nitrogens with one attached hydrogen (secondary N) is 2. The molecule has 0 aliphatic carbocycles. The zero-order valence-corrected chi connectivity index (χ0v) is 18.2. The average molecular weight is 452 g/mol. The van der Waals surface area contributed by atoms with Gasteiger partial charge in [-0.2, -0.15) is 0 Å². The summed E-state index contributed by atoms with van der Waals surface area (Å²) in [5, 5.41) is 2.42. The minimum absolute atomic E-state index is 0.000917. The first-order chi connectivity index (χ1) is 14.7. The maximum atomic E-state index is 14.4. The summed E-state index contributed by atoms with van der Waals surface area (Å²) in [5.41, 5.74) is 0.912. The third-order valence-corrected chi connectivity index (χ3v) is 5.59. The monoisotopic (exact) mass is 451 g/mol. The van der Waals surface area contributed by atoms with Gasteiger partial charge in [0.2, 0.25) is 15.9 Å². The van der Waals surface area contributed by atoms with Crippen molar-refractivity contribution in [2.75, 3.05) is 47.0 Å². The molecular formula is C21H26FN3O5S. The Labute approximate surface area is 181 Å². The molecule has 1 fully saturated rings. The predicted octanol–water partition coefficient (Wildman–Crippen LogP) is 2.83. The summed E-state index contributed by atoms with van der Waals surface area (Å²) in [5.74, 6) is -1.46. The van der Waals surface area contributed by atoms with Crippen LogP contribution in [0.25, 0.3) is 0 Å². The maximum Gasteiger partial charge on any atom is 0.241 e. The number of anilines is 3. The Morgan fingerprint density at radius 1 is 1.13 bits per heavy atom. The van der Waals surface area contributed by atoms with Gasteiger partial charge in [0.25, 0.3) is 0 Å². The van der Waals surface area contributed by atoms with E-state index in [1.165, 1.54) is 6.07 Å². The van der Waals surface area contributed by atoms with Gasteiger partial charge in [-0.25, -0.2) is 12.8 Å². The smallest absolute Gasteiger partial charge is 0.241 e. The van der Waals surface area contributed by atoms with E-state index in [9.17, 15) is 17.6 Å². The van der Waals surface area contributed by atoms with Gasteiger partial charge in [0, 0.05) is 24.5 Å². The molecule has 3 rings (SSSR count). The molecule has 2 N–H and O–H groups in total. The van der Waals surface area contributed by atoms with Crippen LogP contribution in [0.3, 0.4) is 0 Å². The molecular weight excluding hydrogens is 425 g/mol. The summed E-state index contributed by atoms with van der Waals surface area (Å²) in [6.07, 6.45) is -0.000917. The van der Waals surface area contributed by atoms with Crippen LogP contribution in [-0.2, 0) is 19.6 Å². The van der Waals surface area contributed by atoms with Crippen molar-refractivity contribution in [3.05, 3.63) is 48.3 Å². The summed E-state index contributed by atoms with van der Waals surface area (Å²) in [4.78, 5) is 14.0. The second kappa shape index (κ2) is 9.97. The summed E-state index contributed by atoms with van der Waals surface area (Å²) >= 11 is 0. The molecule has 10 heteroatoms. The molecule has 1 aliphatic rings. The van der Waals surface area contributed by atoms with Crippen LogP contribution in [-0.4, -0.2) is 52.5 Å². The molecule has 1 aliphatic heterocycles. The number of ether oxygens (including phenoxy) is 2. The minimum atomic E-state index is -3.94. The summed E-state index contributed by atoms with van der Waals surface area (Å²) in [6, 6.07) is 10.6. The molecule has 2 aromatic rings. The first kappa shape index (κ1) is 22.8. The van der Waals surface area contributed by atoms with Gasteiger partial charge >= 0.3 is 0 Å². The number of nitrogens with zero attached hydrogens (tertiary/aromatic N) is 1. The Hall–Kier alpha value is -2.85. The number of rotatable bonds is 8. The normalized spacial score (nSPS) is 14.4. The van der Waals surface area contributed by atoms with Crippen LogP contribution in [0.5, 0.6) is 5.75 Å². The third kappa shape index (κ3) is 6.83. The molecule has 1 heterocycles. The van der Waals surface area contributed by atoms with E-state index in [1.807, 2.05) is 18.7 Å². The van der Waals surface area contributed by atoms with Crippen LogP contribution >= 0.6 is 0 Å². The van der Waals surface area contributed by atoms with Gasteiger partial charge in [0.1, 0.15) is 17.3 Å². The first-order valence-electron chi connectivity index (χ1n) is 9.91. The summed E-state index contributed by atoms with van der Waals surface area (Å²) in [7, 11) is -3.94. The number of amides is 1. The van der Waals surface area contributed by atoms with Crippen molar-refractivity contribution in [1.82, 2.24) is 0 Å². The van der Waals surface area contributed by atoms with Crippen molar-refractivity contribution in [1.29, 1.82) is 0 Å². The molecule has 2 aromatic carbocycles. The lowest BCUT2D eigenvalue weighted by Gasteiger charge is -2.29. The first-order valence-corrected chi connectivity index (χ1v) is 11.6. The second-order valence-electron chi connectivity index (χ2n) is 7.37. The highest BCUT2D eigenvalue weighted by Crippen LogP contribution is 2.24. The lowest BCUT2D eigenvalue weighted by Crippen LogP contribution is -2.36. The Balaban J connectivity index is 1.57. The van der Waals surface area contributed by atoms with Crippen LogP contribution in [0.15, 0.2) is 42.5 Å². The highest BCUT2D eigenvalue weighted by molar-refractivity contribution is 7.93. The van der Waals surface area contributed by atoms with Gasteiger partial charge in [-0.1, -0.05) is 0 Å². The second-order valence-corrected chi connectivity index (χ2v) is 9.09. The number of carbonyl (C=O) groups is 1. The van der Waals surface area contributed by atoms with E-state index in [0.29, 0.717) is 43.4 Å². The number of halogens is 1. The highest BCUT2D eigenvalue weighted by atomic mass is 32.2. The van der Waals surface area contributed by atoms with Crippen molar-refractivity contribution in [2.45, 2.75) is 20.0 Å². The van der Waals surface area contributed by atoms with Crippen molar-refractivity contribution in [2.24, 2.45) is 0 Å². The Kier molecular flexibility index (Phi) is 7.34. The SMILES string of the molecule is CC(C)Oc1ccc(NS(=O)(=O)CC(=O)Nc2ccc(N3CCOCC3)c(F)c2)cc1. The molecule has 0 unspecified atom stereocenters. The molecule has 31 heavy (non-hydrogen) atoms. The Bertz CT molecular complexity index is 1010. The van der Waals surface area contributed by atoms with Crippen LogP contribution in [0, 0.1) is 5.82 Å². The van der Waals surface area contributed by atoms with Gasteiger partial charge < -0.3 is 19.7 Å². The molecule has 0 saturated carbocycles. The van der Waals surface area contributed by atoms with E-state index in [1.54, 1.807) is 36.4 Å². The molecule has 168 valence electrons. The van der Waals surface area contributed by atoms with Gasteiger partial charge in [0.15, 0.2) is 0 Å².